The standard InChI is InChI=1S/C32H39ClN8O3/c1-38-19-23(15-24(20-38)36-28-17-35-39(2)32(44)30(28)33)22-5-3-21(4-6-22)18-40-11-13-41(14-12-40)25-9-10-34-27(16-25)26-7-8-29(42)37-31(26)43/h3-6,9-10,16-17,23-24,26,36H,7-8,11-15,18-20H2,1-2H3,(H,37,42,43)/t23-,24+,26?/m1/s1. The molecule has 232 valence electrons. The Morgan fingerprint density at radius 2 is 1.80 bits per heavy atom. The van der Waals surface area contributed by atoms with Gasteiger partial charge in [0.25, 0.3) is 5.56 Å². The molecule has 11 nitrogen and oxygen atoms in total. The van der Waals surface area contributed by atoms with Crippen molar-refractivity contribution in [3.63, 3.8) is 0 Å². The molecule has 2 amide bonds. The fourth-order valence-corrected chi connectivity index (χ4v) is 6.84. The highest BCUT2D eigenvalue weighted by molar-refractivity contribution is 6.32. The Hall–Kier alpha value is -3.80. The first-order valence-electron chi connectivity index (χ1n) is 15.3. The summed E-state index contributed by atoms with van der Waals surface area (Å²) in [6, 6.07) is 13.2. The van der Waals surface area contributed by atoms with E-state index in [2.05, 4.69) is 66.7 Å². The summed E-state index contributed by atoms with van der Waals surface area (Å²) in [4.78, 5) is 47.7. The number of likely N-dealkylation sites (N-methyl/N-ethyl adjacent to an activating group) is 1. The molecule has 0 saturated carbocycles. The number of aryl methyl sites for hydroxylation is 1. The third-order valence-electron chi connectivity index (χ3n) is 9.03. The second-order valence-corrected chi connectivity index (χ2v) is 12.6. The van der Waals surface area contributed by atoms with E-state index in [1.807, 2.05) is 12.1 Å². The van der Waals surface area contributed by atoms with Crippen molar-refractivity contribution in [1.29, 1.82) is 0 Å². The molecule has 3 fully saturated rings. The van der Waals surface area contributed by atoms with Crippen LogP contribution in [0.5, 0.6) is 0 Å². The number of nitrogens with one attached hydrogen (secondary N) is 2. The van der Waals surface area contributed by atoms with Gasteiger partial charge in [-0.15, -0.1) is 0 Å². The van der Waals surface area contributed by atoms with Crippen LogP contribution in [-0.4, -0.2) is 88.7 Å². The van der Waals surface area contributed by atoms with Crippen LogP contribution in [0, 0.1) is 0 Å². The van der Waals surface area contributed by atoms with Gasteiger partial charge in [0.15, 0.2) is 0 Å². The number of benzene rings is 1. The number of imide groups is 1. The molecule has 3 aliphatic heterocycles. The monoisotopic (exact) mass is 618 g/mol. The summed E-state index contributed by atoms with van der Waals surface area (Å²) >= 11 is 6.31. The summed E-state index contributed by atoms with van der Waals surface area (Å²) < 4.78 is 1.24. The van der Waals surface area contributed by atoms with E-state index in [0.29, 0.717) is 24.4 Å². The minimum atomic E-state index is -0.372. The second kappa shape index (κ2) is 13.1. The molecule has 12 heteroatoms. The summed E-state index contributed by atoms with van der Waals surface area (Å²) in [5.74, 6) is -0.467. The number of piperazine rings is 1. The summed E-state index contributed by atoms with van der Waals surface area (Å²) in [5, 5.41) is 10.2. The number of nitrogens with zero attached hydrogens (tertiary/aromatic N) is 6. The molecule has 3 aliphatic rings. The first kappa shape index (κ1) is 30.2. The number of likely N-dealkylation sites (tertiary alicyclic amines) is 1. The maximum atomic E-state index is 12.3. The molecule has 2 N–H and O–H groups in total. The molecule has 0 spiro atoms. The zero-order chi connectivity index (χ0) is 30.8. The van der Waals surface area contributed by atoms with E-state index in [9.17, 15) is 14.4 Å². The van der Waals surface area contributed by atoms with Gasteiger partial charge in [0.05, 0.1) is 23.5 Å². The van der Waals surface area contributed by atoms with Crippen LogP contribution < -0.4 is 21.1 Å². The normalized spacial score (nSPS) is 23.4. The largest absolute Gasteiger partial charge is 0.378 e. The van der Waals surface area contributed by atoms with E-state index in [1.54, 1.807) is 19.4 Å². The third kappa shape index (κ3) is 6.80. The molecular weight excluding hydrogens is 580 g/mol. The fourth-order valence-electron chi connectivity index (χ4n) is 6.61. The quantitative estimate of drug-likeness (QED) is 0.386. The highest BCUT2D eigenvalue weighted by Crippen LogP contribution is 2.30. The number of carbonyl (C=O) groups is 2. The number of hydrogen-bond acceptors (Lipinski definition) is 9. The number of halogens is 1. The molecule has 5 heterocycles. The summed E-state index contributed by atoms with van der Waals surface area (Å²) in [5.41, 5.74) is 4.70. The lowest BCUT2D eigenvalue weighted by Crippen LogP contribution is -2.46. The number of anilines is 2. The third-order valence-corrected chi connectivity index (χ3v) is 9.39. The maximum Gasteiger partial charge on any atom is 0.287 e. The fraction of sp³-hybridized carbons (Fsp3) is 0.469. The Bertz CT molecular complexity index is 1570. The van der Waals surface area contributed by atoms with Crippen LogP contribution in [0.25, 0.3) is 0 Å². The van der Waals surface area contributed by atoms with E-state index in [-0.39, 0.29) is 34.4 Å². The number of aromatic nitrogens is 3. The highest BCUT2D eigenvalue weighted by Gasteiger charge is 2.30. The van der Waals surface area contributed by atoms with Crippen LogP contribution in [0.4, 0.5) is 11.4 Å². The number of carbonyl (C=O) groups excluding carboxylic acids is 2. The van der Waals surface area contributed by atoms with Crippen molar-refractivity contribution >= 4 is 34.8 Å². The van der Waals surface area contributed by atoms with Crippen molar-refractivity contribution in [2.75, 3.05) is 56.5 Å². The first-order valence-corrected chi connectivity index (χ1v) is 15.6. The number of amides is 2. The Morgan fingerprint density at radius 3 is 2.55 bits per heavy atom. The van der Waals surface area contributed by atoms with E-state index >= 15 is 0 Å². The predicted octanol–water partition coefficient (Wildman–Crippen LogP) is 2.57. The van der Waals surface area contributed by atoms with Gasteiger partial charge < -0.3 is 15.1 Å². The van der Waals surface area contributed by atoms with Crippen LogP contribution >= 0.6 is 11.6 Å². The van der Waals surface area contributed by atoms with E-state index in [4.69, 9.17) is 11.6 Å². The SMILES string of the molecule is CN1C[C@@H](Nc2cnn(C)c(=O)c2Cl)C[C@@H](c2ccc(CN3CCN(c4ccnc(C5CCC(=O)NC5=O)c4)CC3)cc2)C1. The van der Waals surface area contributed by atoms with Gasteiger partial charge >= 0.3 is 0 Å². The Balaban J connectivity index is 1.02. The van der Waals surface area contributed by atoms with Crippen LogP contribution in [0.15, 0.2) is 53.6 Å². The molecule has 2 aromatic heterocycles. The zero-order valence-electron chi connectivity index (χ0n) is 25.2. The van der Waals surface area contributed by atoms with Gasteiger partial charge in [0.1, 0.15) is 5.02 Å². The molecule has 3 atom stereocenters. The molecule has 0 aliphatic carbocycles. The van der Waals surface area contributed by atoms with Crippen molar-refractivity contribution in [3.8, 4) is 0 Å². The lowest BCUT2D eigenvalue weighted by atomic mass is 9.87. The van der Waals surface area contributed by atoms with Gasteiger partial charge in [0.2, 0.25) is 11.8 Å². The smallest absolute Gasteiger partial charge is 0.287 e. The van der Waals surface area contributed by atoms with Gasteiger partial charge in [-0.2, -0.15) is 5.10 Å². The molecule has 6 rings (SSSR count). The number of rotatable bonds is 7. The molecule has 0 radical (unpaired) electrons. The van der Waals surface area contributed by atoms with Crippen LogP contribution in [-0.2, 0) is 23.2 Å². The molecule has 3 aromatic rings. The Kier molecular flexibility index (Phi) is 8.97. The lowest BCUT2D eigenvalue weighted by molar-refractivity contribution is -0.134. The minimum Gasteiger partial charge on any atom is -0.378 e. The number of piperidine rings is 2. The molecule has 1 unspecified atom stereocenters. The van der Waals surface area contributed by atoms with E-state index in [1.165, 1.54) is 15.8 Å². The van der Waals surface area contributed by atoms with E-state index < -0.39 is 0 Å². The highest BCUT2D eigenvalue weighted by atomic mass is 35.5. The van der Waals surface area contributed by atoms with Crippen molar-refractivity contribution in [2.45, 2.75) is 43.7 Å². The first-order chi connectivity index (χ1) is 21.2. The van der Waals surface area contributed by atoms with Crippen LogP contribution in [0.1, 0.15) is 47.9 Å². The van der Waals surface area contributed by atoms with Gasteiger partial charge in [-0.3, -0.25) is 29.6 Å². The topological polar surface area (TPSA) is 116 Å². The average molecular weight is 619 g/mol. The molecule has 3 saturated heterocycles. The zero-order valence-corrected chi connectivity index (χ0v) is 26.0. The molecule has 0 bridgehead atoms. The van der Waals surface area contributed by atoms with Crippen molar-refractivity contribution < 1.29 is 9.59 Å². The average Bonchev–Trinajstić information content (AvgIpc) is 3.02. The van der Waals surface area contributed by atoms with Crippen molar-refractivity contribution in [1.82, 2.24) is 29.9 Å². The van der Waals surface area contributed by atoms with Crippen LogP contribution in [0.2, 0.25) is 5.02 Å². The number of pyridine rings is 1. The minimum absolute atomic E-state index is 0.154. The lowest BCUT2D eigenvalue weighted by Gasteiger charge is -2.37. The summed E-state index contributed by atoms with van der Waals surface area (Å²) in [6.45, 7) is 6.41. The van der Waals surface area contributed by atoms with Crippen molar-refractivity contribution in [3.05, 3.63) is 81.0 Å². The maximum absolute atomic E-state index is 12.3. The summed E-state index contributed by atoms with van der Waals surface area (Å²) in [7, 11) is 3.72. The van der Waals surface area contributed by atoms with E-state index in [0.717, 1.165) is 63.6 Å². The molecular formula is C32H39ClN8O3. The van der Waals surface area contributed by atoms with Gasteiger partial charge in [-0.1, -0.05) is 35.9 Å². The second-order valence-electron chi connectivity index (χ2n) is 12.2. The van der Waals surface area contributed by atoms with Crippen molar-refractivity contribution in [2.24, 2.45) is 7.05 Å². The van der Waals surface area contributed by atoms with Crippen LogP contribution in [0.3, 0.4) is 0 Å². The number of hydrogen-bond donors (Lipinski definition) is 2. The molecule has 1 aromatic carbocycles. The summed E-state index contributed by atoms with van der Waals surface area (Å²) in [6.07, 6.45) is 5.18. The Labute approximate surface area is 262 Å². The predicted molar refractivity (Wildman–Crippen MR) is 170 cm³/mol. The Morgan fingerprint density at radius 1 is 1.02 bits per heavy atom. The molecule has 44 heavy (non-hydrogen) atoms. The van der Waals surface area contributed by atoms with Gasteiger partial charge in [-0.25, -0.2) is 4.68 Å². The van der Waals surface area contributed by atoms with Gasteiger partial charge in [-0.05, 0) is 49.1 Å². The van der Waals surface area contributed by atoms with Gasteiger partial charge in [0, 0.05) is 77.2 Å².